The maximum absolute atomic E-state index is 10.3. The van der Waals surface area contributed by atoms with Gasteiger partial charge >= 0.3 is 0 Å². The number of nitrogens with zero attached hydrogens (tertiary/aromatic N) is 2. The van der Waals surface area contributed by atoms with Gasteiger partial charge in [-0.05, 0) is 18.3 Å². The summed E-state index contributed by atoms with van der Waals surface area (Å²) in [6.07, 6.45) is 3.93. The molecule has 5 heteroatoms. The topological polar surface area (TPSA) is 51.1 Å². The second kappa shape index (κ2) is 3.72. The van der Waals surface area contributed by atoms with Crippen LogP contribution in [-0.2, 0) is 9.47 Å². The summed E-state index contributed by atoms with van der Waals surface area (Å²) in [7, 11) is 3.39. The van der Waals surface area contributed by atoms with Crippen molar-refractivity contribution in [1.29, 1.82) is 0 Å². The highest BCUT2D eigenvalue weighted by Gasteiger charge is 2.56. The van der Waals surface area contributed by atoms with Crippen LogP contribution >= 0.6 is 0 Å². The molecule has 15 heavy (non-hydrogen) atoms. The summed E-state index contributed by atoms with van der Waals surface area (Å²) in [6.45, 7) is 1.54. The van der Waals surface area contributed by atoms with Gasteiger partial charge in [0.05, 0.1) is 5.29 Å². The Labute approximate surface area is 89.7 Å². The van der Waals surface area contributed by atoms with E-state index in [0.717, 1.165) is 38.8 Å². The van der Waals surface area contributed by atoms with E-state index in [1.54, 1.807) is 19.2 Å². The molecule has 2 aliphatic rings. The van der Waals surface area contributed by atoms with E-state index >= 15 is 0 Å². The Morgan fingerprint density at radius 3 is 2.07 bits per heavy atom. The first-order chi connectivity index (χ1) is 7.17. The Morgan fingerprint density at radius 2 is 1.67 bits per heavy atom. The van der Waals surface area contributed by atoms with Gasteiger partial charge in [0.15, 0.2) is 5.79 Å². The fourth-order valence-electron chi connectivity index (χ4n) is 2.87. The van der Waals surface area contributed by atoms with Crippen molar-refractivity contribution in [1.82, 2.24) is 5.01 Å². The molecule has 1 saturated heterocycles. The van der Waals surface area contributed by atoms with Gasteiger partial charge < -0.3 is 9.47 Å². The molecule has 1 aliphatic carbocycles. The van der Waals surface area contributed by atoms with E-state index in [1.165, 1.54) is 0 Å². The van der Waals surface area contributed by atoms with Crippen molar-refractivity contribution < 1.29 is 9.47 Å². The highest BCUT2D eigenvalue weighted by Crippen LogP contribution is 2.56. The second-order valence-electron chi connectivity index (χ2n) is 4.71. The molecule has 86 valence electrons. The molecule has 0 aromatic heterocycles. The van der Waals surface area contributed by atoms with Gasteiger partial charge in [-0.15, -0.1) is 4.91 Å². The molecule has 0 radical (unpaired) electrons. The highest BCUT2D eigenvalue weighted by molar-refractivity contribution is 5.02. The van der Waals surface area contributed by atoms with Crippen LogP contribution in [0.5, 0.6) is 0 Å². The van der Waals surface area contributed by atoms with E-state index in [0.29, 0.717) is 5.41 Å². The first-order valence-corrected chi connectivity index (χ1v) is 5.36. The van der Waals surface area contributed by atoms with Gasteiger partial charge in [-0.25, -0.2) is 0 Å². The molecule has 0 amide bonds. The predicted molar refractivity (Wildman–Crippen MR) is 55.0 cm³/mol. The minimum absolute atomic E-state index is 0.327. The number of hydrogen-bond acceptors (Lipinski definition) is 4. The Balaban J connectivity index is 1.90. The zero-order valence-corrected chi connectivity index (χ0v) is 9.36. The molecule has 0 unspecified atom stereocenters. The standard InChI is InChI=1S/C10H18N2O3/c1-14-10(15-2)7-9(8-10)3-5-12(11-13)6-4-9/h3-8H2,1-2H3. The molecular formula is C10H18N2O3. The third-order valence-electron chi connectivity index (χ3n) is 3.95. The van der Waals surface area contributed by atoms with Crippen LogP contribution in [0.4, 0.5) is 0 Å². The lowest BCUT2D eigenvalue weighted by Crippen LogP contribution is -2.57. The highest BCUT2D eigenvalue weighted by atomic mass is 16.7. The SMILES string of the molecule is COC1(OC)CC2(CCN(N=O)CC2)C1. The smallest absolute Gasteiger partial charge is 0.168 e. The summed E-state index contributed by atoms with van der Waals surface area (Å²) in [4.78, 5) is 10.3. The van der Waals surface area contributed by atoms with Gasteiger partial charge in [0.25, 0.3) is 0 Å². The van der Waals surface area contributed by atoms with Crippen molar-refractivity contribution in [2.24, 2.45) is 10.7 Å². The molecule has 1 heterocycles. The third-order valence-corrected chi connectivity index (χ3v) is 3.95. The Kier molecular flexibility index (Phi) is 2.68. The zero-order valence-electron chi connectivity index (χ0n) is 9.36. The van der Waals surface area contributed by atoms with Crippen molar-refractivity contribution in [3.63, 3.8) is 0 Å². The monoisotopic (exact) mass is 214 g/mol. The van der Waals surface area contributed by atoms with Crippen LogP contribution in [-0.4, -0.2) is 38.1 Å². The Bertz CT molecular complexity index is 235. The molecule has 1 saturated carbocycles. The quantitative estimate of drug-likeness (QED) is 0.528. The van der Waals surface area contributed by atoms with E-state index in [-0.39, 0.29) is 5.79 Å². The molecule has 5 nitrogen and oxygen atoms in total. The number of hydrogen-bond donors (Lipinski definition) is 0. The van der Waals surface area contributed by atoms with Gasteiger partial charge in [-0.3, -0.25) is 5.01 Å². The van der Waals surface area contributed by atoms with Crippen LogP contribution in [0.25, 0.3) is 0 Å². The number of nitroso groups, excluding NO2 is 1. The molecule has 0 bridgehead atoms. The lowest BCUT2D eigenvalue weighted by atomic mass is 9.59. The Hall–Kier alpha value is -0.680. The van der Waals surface area contributed by atoms with E-state index in [4.69, 9.17) is 9.47 Å². The fourth-order valence-corrected chi connectivity index (χ4v) is 2.87. The number of methoxy groups -OCH3 is 2. The van der Waals surface area contributed by atoms with Crippen molar-refractivity contribution in [3.8, 4) is 0 Å². The minimum atomic E-state index is -0.364. The largest absolute Gasteiger partial charge is 0.353 e. The molecule has 2 rings (SSSR count). The van der Waals surface area contributed by atoms with E-state index < -0.39 is 0 Å². The van der Waals surface area contributed by atoms with Crippen LogP contribution in [0, 0.1) is 10.3 Å². The zero-order chi connectivity index (χ0) is 10.9. The fraction of sp³-hybridized carbons (Fsp3) is 1.00. The van der Waals surface area contributed by atoms with Crippen LogP contribution in [0.2, 0.25) is 0 Å². The van der Waals surface area contributed by atoms with Gasteiger partial charge in [-0.1, -0.05) is 0 Å². The third kappa shape index (κ3) is 1.74. The number of piperidine rings is 1. The van der Waals surface area contributed by atoms with Crippen molar-refractivity contribution in [2.75, 3.05) is 27.3 Å². The van der Waals surface area contributed by atoms with Gasteiger partial charge in [0, 0.05) is 40.2 Å². The number of rotatable bonds is 3. The molecule has 0 aromatic rings. The molecular weight excluding hydrogens is 196 g/mol. The molecule has 2 fully saturated rings. The maximum atomic E-state index is 10.3. The first kappa shape index (κ1) is 10.8. The Morgan fingerprint density at radius 1 is 1.13 bits per heavy atom. The predicted octanol–water partition coefficient (Wildman–Crippen LogP) is 1.53. The summed E-state index contributed by atoms with van der Waals surface area (Å²) in [5, 5.41) is 4.57. The van der Waals surface area contributed by atoms with Crippen molar-refractivity contribution in [2.45, 2.75) is 31.5 Å². The van der Waals surface area contributed by atoms with Gasteiger partial charge in [0.1, 0.15) is 0 Å². The summed E-state index contributed by atoms with van der Waals surface area (Å²) < 4.78 is 10.8. The first-order valence-electron chi connectivity index (χ1n) is 5.36. The van der Waals surface area contributed by atoms with Gasteiger partial charge in [-0.2, -0.15) is 0 Å². The molecule has 1 aliphatic heterocycles. The normalized spacial score (nSPS) is 27.5. The molecule has 0 aromatic carbocycles. The number of ether oxygens (including phenoxy) is 2. The molecule has 0 N–H and O–H groups in total. The average molecular weight is 214 g/mol. The summed E-state index contributed by atoms with van der Waals surface area (Å²) >= 11 is 0. The molecule has 0 atom stereocenters. The van der Waals surface area contributed by atoms with Crippen LogP contribution in [0.1, 0.15) is 25.7 Å². The summed E-state index contributed by atoms with van der Waals surface area (Å²) in [6, 6.07) is 0. The summed E-state index contributed by atoms with van der Waals surface area (Å²) in [5.74, 6) is -0.364. The minimum Gasteiger partial charge on any atom is -0.353 e. The van der Waals surface area contributed by atoms with Crippen molar-refractivity contribution in [3.05, 3.63) is 4.91 Å². The summed E-state index contributed by atoms with van der Waals surface area (Å²) in [5.41, 5.74) is 0.327. The van der Waals surface area contributed by atoms with Crippen molar-refractivity contribution >= 4 is 0 Å². The van der Waals surface area contributed by atoms with Crippen LogP contribution in [0.15, 0.2) is 5.29 Å². The average Bonchev–Trinajstić information content (AvgIpc) is 2.26. The molecule has 1 spiro atoms. The van der Waals surface area contributed by atoms with Crippen LogP contribution < -0.4 is 0 Å². The van der Waals surface area contributed by atoms with E-state index in [9.17, 15) is 4.91 Å². The van der Waals surface area contributed by atoms with Gasteiger partial charge in [0.2, 0.25) is 0 Å². The van der Waals surface area contributed by atoms with E-state index in [1.807, 2.05) is 0 Å². The maximum Gasteiger partial charge on any atom is 0.168 e. The lowest BCUT2D eigenvalue weighted by Gasteiger charge is -2.56. The van der Waals surface area contributed by atoms with Crippen LogP contribution in [0.3, 0.4) is 0 Å². The van der Waals surface area contributed by atoms with E-state index in [2.05, 4.69) is 5.29 Å². The second-order valence-corrected chi connectivity index (χ2v) is 4.71. The lowest BCUT2D eigenvalue weighted by molar-refractivity contribution is -0.303.